The Morgan fingerprint density at radius 2 is 1.80 bits per heavy atom. The monoisotopic (exact) mass is 662 g/mol. The molecule has 3 aliphatic rings. The molecule has 3 unspecified atom stereocenters. The highest BCUT2D eigenvalue weighted by Crippen LogP contribution is 2.31. The zero-order chi connectivity index (χ0) is 31.0. The molecular weight excluding hydrogens is 628 g/mol. The van der Waals surface area contributed by atoms with Gasteiger partial charge in [-0.25, -0.2) is 4.68 Å². The van der Waals surface area contributed by atoms with E-state index < -0.39 is 0 Å². The van der Waals surface area contributed by atoms with Gasteiger partial charge in [0.15, 0.2) is 0 Å². The van der Waals surface area contributed by atoms with Crippen molar-refractivity contribution in [1.82, 2.24) is 24.9 Å². The standard InChI is InChI=1S/C32H35BrN6O5/c1-37-15-22(12-23(16-37)35-27-14-34-38(2)32(43)29(27)33)19-6-8-20(9-7-19)31(42)39-17-25(18-39)44-24-5-3-4-21(13-24)26-10-11-28(40)36-30(26)41/h3-9,13-14,22-23,25-26,35H,10-12,15-18H2,1-2H3,(H,36,40,41). The predicted molar refractivity (Wildman–Crippen MR) is 168 cm³/mol. The van der Waals surface area contributed by atoms with Crippen LogP contribution in [0.4, 0.5) is 5.69 Å². The van der Waals surface area contributed by atoms with Crippen molar-refractivity contribution < 1.29 is 19.1 Å². The molecule has 3 amide bonds. The second kappa shape index (κ2) is 12.5. The summed E-state index contributed by atoms with van der Waals surface area (Å²) < 4.78 is 7.88. The number of piperidine rings is 2. The molecule has 11 nitrogen and oxygen atoms in total. The van der Waals surface area contributed by atoms with Gasteiger partial charge in [-0.1, -0.05) is 24.3 Å². The molecule has 3 saturated heterocycles. The molecule has 44 heavy (non-hydrogen) atoms. The van der Waals surface area contributed by atoms with Gasteiger partial charge in [-0.15, -0.1) is 0 Å². The minimum absolute atomic E-state index is 0.0305. The van der Waals surface area contributed by atoms with Crippen LogP contribution in [0.1, 0.15) is 52.6 Å². The Labute approximate surface area is 263 Å². The topological polar surface area (TPSA) is 126 Å². The number of amides is 3. The number of likely N-dealkylation sites (N-methyl/N-ethyl adjacent to an activating group) is 1. The summed E-state index contributed by atoms with van der Waals surface area (Å²) in [4.78, 5) is 53.2. The molecule has 3 aliphatic heterocycles. The van der Waals surface area contributed by atoms with E-state index in [1.165, 1.54) is 10.2 Å². The summed E-state index contributed by atoms with van der Waals surface area (Å²) in [6.07, 6.45) is 3.23. The van der Waals surface area contributed by atoms with Gasteiger partial charge in [-0.3, -0.25) is 24.5 Å². The molecule has 3 aromatic rings. The van der Waals surface area contributed by atoms with Crippen molar-refractivity contribution in [1.29, 1.82) is 0 Å². The maximum absolute atomic E-state index is 13.2. The number of ether oxygens (including phenoxy) is 1. The molecule has 3 fully saturated rings. The summed E-state index contributed by atoms with van der Waals surface area (Å²) in [5, 5.41) is 10.0. The lowest BCUT2D eigenvalue weighted by Gasteiger charge is -2.39. The normalized spacial score (nSPS) is 22.7. The second-order valence-electron chi connectivity index (χ2n) is 11.9. The molecule has 0 radical (unpaired) electrons. The average Bonchev–Trinajstić information content (AvgIpc) is 2.99. The van der Waals surface area contributed by atoms with Crippen LogP contribution in [0.15, 0.2) is 64.0 Å². The smallest absolute Gasteiger partial charge is 0.282 e. The molecule has 0 aliphatic carbocycles. The Morgan fingerprint density at radius 1 is 1.02 bits per heavy atom. The molecule has 12 heteroatoms. The van der Waals surface area contributed by atoms with Gasteiger partial charge in [0.2, 0.25) is 11.8 Å². The number of halogens is 1. The van der Waals surface area contributed by atoms with Crippen LogP contribution in [0.3, 0.4) is 0 Å². The fourth-order valence-electron chi connectivity index (χ4n) is 6.26. The number of nitrogens with one attached hydrogen (secondary N) is 2. The van der Waals surface area contributed by atoms with Crippen LogP contribution >= 0.6 is 15.9 Å². The number of imide groups is 1. The summed E-state index contributed by atoms with van der Waals surface area (Å²) in [7, 11) is 3.71. The van der Waals surface area contributed by atoms with E-state index in [0.717, 1.165) is 25.1 Å². The Bertz CT molecular complexity index is 1640. The van der Waals surface area contributed by atoms with E-state index in [1.807, 2.05) is 48.5 Å². The van der Waals surface area contributed by atoms with E-state index in [4.69, 9.17) is 4.74 Å². The van der Waals surface area contributed by atoms with Crippen LogP contribution in [0.25, 0.3) is 0 Å². The first-order valence-corrected chi connectivity index (χ1v) is 15.6. The highest BCUT2D eigenvalue weighted by molar-refractivity contribution is 9.10. The number of anilines is 1. The van der Waals surface area contributed by atoms with Crippen LogP contribution in [-0.4, -0.2) is 82.7 Å². The summed E-state index contributed by atoms with van der Waals surface area (Å²) in [5.74, 6) is 0.0120. The van der Waals surface area contributed by atoms with Crippen molar-refractivity contribution in [2.75, 3.05) is 38.5 Å². The summed E-state index contributed by atoms with van der Waals surface area (Å²) in [6.45, 7) is 2.71. The Kier molecular flexibility index (Phi) is 8.55. The molecule has 230 valence electrons. The van der Waals surface area contributed by atoms with E-state index in [0.29, 0.717) is 47.4 Å². The van der Waals surface area contributed by atoms with Crippen LogP contribution in [0.5, 0.6) is 5.75 Å². The van der Waals surface area contributed by atoms with Gasteiger partial charge in [-0.05, 0) is 77.1 Å². The van der Waals surface area contributed by atoms with Crippen LogP contribution < -0.4 is 20.9 Å². The first-order chi connectivity index (χ1) is 21.1. The van der Waals surface area contributed by atoms with Gasteiger partial charge >= 0.3 is 0 Å². The summed E-state index contributed by atoms with van der Waals surface area (Å²) in [6, 6.07) is 15.4. The minimum atomic E-state index is -0.367. The molecule has 6 rings (SSSR count). The number of hydrogen-bond donors (Lipinski definition) is 2. The number of likely N-dealkylation sites (tertiary alicyclic amines) is 2. The molecule has 4 heterocycles. The van der Waals surface area contributed by atoms with Gasteiger partial charge < -0.3 is 19.9 Å². The Balaban J connectivity index is 1.03. The maximum atomic E-state index is 13.2. The number of carbonyl (C=O) groups is 3. The fourth-order valence-corrected chi connectivity index (χ4v) is 6.74. The average molecular weight is 664 g/mol. The SMILES string of the molecule is CN1CC(Nc2cnn(C)c(=O)c2Br)CC(c2ccc(C(=O)N3CC(Oc4cccc(C5CCC(=O)NC5=O)c4)C3)cc2)C1. The number of nitrogens with zero attached hydrogens (tertiary/aromatic N) is 4. The first kappa shape index (κ1) is 30.0. The molecule has 2 aromatic carbocycles. The largest absolute Gasteiger partial charge is 0.487 e. The van der Waals surface area contributed by atoms with E-state index in [9.17, 15) is 19.2 Å². The fraction of sp³-hybridized carbons (Fsp3) is 0.406. The molecule has 2 N–H and O–H groups in total. The van der Waals surface area contributed by atoms with E-state index in [-0.39, 0.29) is 47.3 Å². The van der Waals surface area contributed by atoms with E-state index >= 15 is 0 Å². The number of rotatable bonds is 7. The van der Waals surface area contributed by atoms with Crippen molar-refractivity contribution in [3.8, 4) is 5.75 Å². The number of hydrogen-bond acceptors (Lipinski definition) is 8. The molecule has 0 spiro atoms. The molecule has 3 atom stereocenters. The summed E-state index contributed by atoms with van der Waals surface area (Å²) in [5.41, 5.74) is 3.13. The number of carbonyl (C=O) groups excluding carboxylic acids is 3. The molecular formula is C32H35BrN6O5. The second-order valence-corrected chi connectivity index (χ2v) is 12.7. The van der Waals surface area contributed by atoms with Crippen molar-refractivity contribution in [2.24, 2.45) is 7.05 Å². The van der Waals surface area contributed by atoms with Crippen molar-refractivity contribution >= 4 is 39.3 Å². The lowest BCUT2D eigenvalue weighted by atomic mass is 9.87. The molecule has 1 aromatic heterocycles. The van der Waals surface area contributed by atoms with Gasteiger partial charge in [0, 0.05) is 38.2 Å². The zero-order valence-electron chi connectivity index (χ0n) is 24.7. The van der Waals surface area contributed by atoms with Crippen molar-refractivity contribution in [3.63, 3.8) is 0 Å². The highest BCUT2D eigenvalue weighted by Gasteiger charge is 2.34. The lowest BCUT2D eigenvalue weighted by Crippen LogP contribution is -2.56. The van der Waals surface area contributed by atoms with E-state index in [2.05, 4.69) is 43.6 Å². The maximum Gasteiger partial charge on any atom is 0.282 e. The number of benzene rings is 2. The van der Waals surface area contributed by atoms with E-state index in [1.54, 1.807) is 18.1 Å². The van der Waals surface area contributed by atoms with Crippen molar-refractivity contribution in [3.05, 3.63) is 86.2 Å². The first-order valence-electron chi connectivity index (χ1n) is 14.8. The van der Waals surface area contributed by atoms with Crippen molar-refractivity contribution in [2.45, 2.75) is 43.2 Å². The van der Waals surface area contributed by atoms with Crippen LogP contribution in [-0.2, 0) is 16.6 Å². The summed E-state index contributed by atoms with van der Waals surface area (Å²) >= 11 is 3.40. The highest BCUT2D eigenvalue weighted by atomic mass is 79.9. The third kappa shape index (κ3) is 6.41. The quantitative estimate of drug-likeness (QED) is 0.370. The molecule has 0 bridgehead atoms. The Hall–Kier alpha value is -4.03. The van der Waals surface area contributed by atoms with Gasteiger partial charge in [0.1, 0.15) is 16.3 Å². The van der Waals surface area contributed by atoms with Gasteiger partial charge in [-0.2, -0.15) is 5.10 Å². The van der Waals surface area contributed by atoms with Gasteiger partial charge in [0.25, 0.3) is 11.5 Å². The van der Waals surface area contributed by atoms with Crippen LogP contribution in [0.2, 0.25) is 0 Å². The number of aryl methyl sites for hydroxylation is 1. The van der Waals surface area contributed by atoms with Gasteiger partial charge in [0.05, 0.1) is 30.9 Å². The minimum Gasteiger partial charge on any atom is -0.487 e. The third-order valence-electron chi connectivity index (χ3n) is 8.64. The molecule has 0 saturated carbocycles. The lowest BCUT2D eigenvalue weighted by molar-refractivity contribution is -0.134. The van der Waals surface area contributed by atoms with Crippen LogP contribution in [0, 0.1) is 0 Å². The number of aromatic nitrogens is 2. The Morgan fingerprint density at radius 3 is 2.55 bits per heavy atom. The zero-order valence-corrected chi connectivity index (χ0v) is 26.2. The third-order valence-corrected chi connectivity index (χ3v) is 9.40. The predicted octanol–water partition coefficient (Wildman–Crippen LogP) is 2.87.